The normalized spacial score (nSPS) is 27.9. The van der Waals surface area contributed by atoms with Crippen molar-refractivity contribution < 1.29 is 13.5 Å². The number of aliphatic hydroxyl groups is 1. The topological polar surface area (TPSA) is 69.6 Å². The zero-order valence-electron chi connectivity index (χ0n) is 13.1. The molecule has 1 fully saturated rings. The molecule has 120 valence electrons. The average Bonchev–Trinajstić information content (AvgIpc) is 2.43. The van der Waals surface area contributed by atoms with Gasteiger partial charge in [0, 0.05) is 20.1 Å². The van der Waals surface area contributed by atoms with E-state index in [2.05, 4.69) is 11.6 Å². The molecule has 0 aromatic rings. The van der Waals surface area contributed by atoms with E-state index in [1.54, 1.807) is 7.05 Å². The molecule has 6 heteroatoms. The predicted octanol–water partition coefficient (Wildman–Crippen LogP) is 1.88. The summed E-state index contributed by atoms with van der Waals surface area (Å²) in [7, 11) is -1.89. The zero-order chi connectivity index (χ0) is 15.2. The molecule has 1 saturated carbocycles. The van der Waals surface area contributed by atoms with Crippen molar-refractivity contribution in [1.82, 2.24) is 9.03 Å². The number of nitrogens with zero attached hydrogens (tertiary/aromatic N) is 1. The molecule has 0 aromatic heterocycles. The van der Waals surface area contributed by atoms with Gasteiger partial charge >= 0.3 is 0 Å². The summed E-state index contributed by atoms with van der Waals surface area (Å²) in [6.45, 7) is 4.84. The number of unbranched alkanes of at least 4 members (excludes halogenated alkanes) is 1. The lowest BCUT2D eigenvalue weighted by atomic mass is 9.78. The van der Waals surface area contributed by atoms with Gasteiger partial charge in [-0.15, -0.1) is 0 Å². The maximum absolute atomic E-state index is 12.0. The first kappa shape index (κ1) is 17.9. The first-order valence-electron chi connectivity index (χ1n) is 7.76. The Morgan fingerprint density at radius 3 is 2.40 bits per heavy atom. The highest BCUT2D eigenvalue weighted by molar-refractivity contribution is 7.87. The lowest BCUT2D eigenvalue weighted by Gasteiger charge is -2.36. The van der Waals surface area contributed by atoms with Crippen LogP contribution in [0.25, 0.3) is 0 Å². The molecule has 0 amide bonds. The van der Waals surface area contributed by atoms with Crippen molar-refractivity contribution in [2.45, 2.75) is 64.4 Å². The number of nitrogens with one attached hydrogen (secondary N) is 1. The van der Waals surface area contributed by atoms with Gasteiger partial charge in [-0.05, 0) is 38.0 Å². The molecule has 1 aliphatic carbocycles. The van der Waals surface area contributed by atoms with E-state index in [0.717, 1.165) is 32.1 Å². The molecule has 0 atom stereocenters. The van der Waals surface area contributed by atoms with Gasteiger partial charge in [-0.3, -0.25) is 0 Å². The Hall–Kier alpha value is -0.170. The van der Waals surface area contributed by atoms with E-state index in [0.29, 0.717) is 25.3 Å². The maximum atomic E-state index is 12.0. The number of hydrogen-bond acceptors (Lipinski definition) is 3. The summed E-state index contributed by atoms with van der Waals surface area (Å²) in [6.07, 6.45) is 6.30. The van der Waals surface area contributed by atoms with Gasteiger partial charge in [-0.2, -0.15) is 17.4 Å². The molecule has 0 spiro atoms. The third kappa shape index (κ3) is 5.31. The lowest BCUT2D eigenvalue weighted by Crippen LogP contribution is -2.48. The Kier molecular flexibility index (Phi) is 6.91. The summed E-state index contributed by atoms with van der Waals surface area (Å²) < 4.78 is 28.0. The molecule has 0 unspecified atom stereocenters. The summed E-state index contributed by atoms with van der Waals surface area (Å²) in [6, 6.07) is 0. The van der Waals surface area contributed by atoms with Crippen LogP contribution in [-0.4, -0.2) is 43.6 Å². The van der Waals surface area contributed by atoms with E-state index in [9.17, 15) is 13.5 Å². The van der Waals surface area contributed by atoms with E-state index in [4.69, 9.17) is 0 Å². The molecule has 1 aliphatic rings. The highest BCUT2D eigenvalue weighted by Gasteiger charge is 2.34. The van der Waals surface area contributed by atoms with E-state index in [1.807, 2.05) is 6.92 Å². The highest BCUT2D eigenvalue weighted by Crippen LogP contribution is 2.33. The van der Waals surface area contributed by atoms with Crippen molar-refractivity contribution in [3.63, 3.8) is 0 Å². The van der Waals surface area contributed by atoms with E-state index in [-0.39, 0.29) is 6.54 Å². The van der Waals surface area contributed by atoms with Crippen LogP contribution >= 0.6 is 0 Å². The van der Waals surface area contributed by atoms with E-state index >= 15 is 0 Å². The van der Waals surface area contributed by atoms with Crippen LogP contribution in [0, 0.1) is 5.92 Å². The van der Waals surface area contributed by atoms with Crippen LogP contribution < -0.4 is 4.72 Å². The van der Waals surface area contributed by atoms with Gasteiger partial charge in [-0.25, -0.2) is 0 Å². The molecule has 5 nitrogen and oxygen atoms in total. The van der Waals surface area contributed by atoms with E-state index in [1.165, 1.54) is 4.31 Å². The first-order valence-corrected chi connectivity index (χ1v) is 9.20. The van der Waals surface area contributed by atoms with Gasteiger partial charge in [0.15, 0.2) is 0 Å². The third-order valence-corrected chi connectivity index (χ3v) is 5.95. The maximum Gasteiger partial charge on any atom is 0.279 e. The van der Waals surface area contributed by atoms with Gasteiger partial charge in [0.25, 0.3) is 10.2 Å². The molecule has 0 radical (unpaired) electrons. The van der Waals surface area contributed by atoms with Crippen LogP contribution in [0.15, 0.2) is 0 Å². The Balaban J connectivity index is 2.45. The largest absolute Gasteiger partial charge is 0.389 e. The van der Waals surface area contributed by atoms with Gasteiger partial charge in [0.05, 0.1) is 5.60 Å². The van der Waals surface area contributed by atoms with Crippen molar-refractivity contribution in [2.24, 2.45) is 5.92 Å². The van der Waals surface area contributed by atoms with Crippen molar-refractivity contribution in [3.8, 4) is 0 Å². The number of hydrogen-bond donors (Lipinski definition) is 2. The highest BCUT2D eigenvalue weighted by atomic mass is 32.2. The van der Waals surface area contributed by atoms with Crippen LogP contribution in [0.4, 0.5) is 0 Å². The fourth-order valence-corrected chi connectivity index (χ4v) is 3.68. The van der Waals surface area contributed by atoms with Crippen molar-refractivity contribution in [2.75, 3.05) is 20.1 Å². The fourth-order valence-electron chi connectivity index (χ4n) is 2.64. The molecule has 1 rings (SSSR count). The molecule has 0 aliphatic heterocycles. The predicted molar refractivity (Wildman–Crippen MR) is 81.7 cm³/mol. The Morgan fingerprint density at radius 2 is 1.90 bits per heavy atom. The summed E-state index contributed by atoms with van der Waals surface area (Å²) in [4.78, 5) is 0. The van der Waals surface area contributed by atoms with Crippen LogP contribution in [0.2, 0.25) is 0 Å². The van der Waals surface area contributed by atoms with Crippen molar-refractivity contribution >= 4 is 10.2 Å². The zero-order valence-corrected chi connectivity index (χ0v) is 13.9. The second kappa shape index (κ2) is 7.73. The second-order valence-electron chi connectivity index (χ2n) is 6.08. The molecule has 0 bridgehead atoms. The monoisotopic (exact) mass is 306 g/mol. The summed E-state index contributed by atoms with van der Waals surface area (Å²) in [5, 5.41) is 10.5. The molecule has 0 saturated heterocycles. The van der Waals surface area contributed by atoms with E-state index < -0.39 is 15.8 Å². The Bertz CT molecular complexity index is 376. The summed E-state index contributed by atoms with van der Waals surface area (Å²) in [5.74, 6) is 0.680. The number of rotatable bonds is 8. The first-order chi connectivity index (χ1) is 9.33. The second-order valence-corrected chi connectivity index (χ2v) is 7.94. The minimum absolute atomic E-state index is 0.127. The Labute approximate surface area is 123 Å². The van der Waals surface area contributed by atoms with Gasteiger partial charge in [0.1, 0.15) is 0 Å². The van der Waals surface area contributed by atoms with Gasteiger partial charge in [-0.1, -0.05) is 26.7 Å². The molecule has 20 heavy (non-hydrogen) atoms. The quantitative estimate of drug-likeness (QED) is 0.719. The fraction of sp³-hybridized carbons (Fsp3) is 1.00. The minimum atomic E-state index is -3.47. The lowest BCUT2D eigenvalue weighted by molar-refractivity contribution is -0.00466. The standard InChI is InChI=1S/C14H30N2O3S/c1-4-6-11-16(3)20(18,19)15-12-14(17)9-7-13(5-2)8-10-14/h13,15,17H,4-12H2,1-3H3. The van der Waals surface area contributed by atoms with Crippen LogP contribution in [0.5, 0.6) is 0 Å². The molecule has 0 heterocycles. The molecule has 2 N–H and O–H groups in total. The molecule has 0 aromatic carbocycles. The van der Waals surface area contributed by atoms with Crippen LogP contribution in [0.3, 0.4) is 0 Å². The van der Waals surface area contributed by atoms with Crippen molar-refractivity contribution in [1.29, 1.82) is 0 Å². The molecular weight excluding hydrogens is 276 g/mol. The van der Waals surface area contributed by atoms with Crippen LogP contribution in [-0.2, 0) is 10.2 Å². The summed E-state index contributed by atoms with van der Waals surface area (Å²) in [5.41, 5.74) is -0.871. The smallest absolute Gasteiger partial charge is 0.279 e. The van der Waals surface area contributed by atoms with Crippen molar-refractivity contribution in [3.05, 3.63) is 0 Å². The van der Waals surface area contributed by atoms with Crippen LogP contribution in [0.1, 0.15) is 58.8 Å². The minimum Gasteiger partial charge on any atom is -0.389 e. The van der Waals surface area contributed by atoms with Gasteiger partial charge in [0.2, 0.25) is 0 Å². The third-order valence-electron chi connectivity index (χ3n) is 4.43. The SMILES string of the molecule is CCCCN(C)S(=O)(=O)NCC1(O)CCC(CC)CC1. The Morgan fingerprint density at radius 1 is 1.30 bits per heavy atom. The summed E-state index contributed by atoms with van der Waals surface area (Å²) >= 11 is 0. The molecular formula is C14H30N2O3S. The van der Waals surface area contributed by atoms with Gasteiger partial charge < -0.3 is 5.11 Å². The average molecular weight is 306 g/mol.